The number of carbonyl (C=O) groups excluding carboxylic acids is 1. The molecule has 0 radical (unpaired) electrons. The minimum atomic E-state index is -0.225. The highest BCUT2D eigenvalue weighted by atomic mass is 35.5. The Balaban J connectivity index is 1.63. The Morgan fingerprint density at radius 1 is 0.962 bits per heavy atom. The molecule has 0 unspecified atom stereocenters. The Bertz CT molecular complexity index is 946. The van der Waals surface area contributed by atoms with Gasteiger partial charge in [-0.1, -0.05) is 59.8 Å². The number of hydrogen-bond donors (Lipinski definition) is 2. The van der Waals surface area contributed by atoms with Gasteiger partial charge in [0.15, 0.2) is 0 Å². The Morgan fingerprint density at radius 2 is 1.73 bits per heavy atom. The molecule has 3 aromatic carbocycles. The van der Waals surface area contributed by atoms with E-state index >= 15 is 0 Å². The van der Waals surface area contributed by atoms with Gasteiger partial charge in [-0.3, -0.25) is 0 Å². The van der Waals surface area contributed by atoms with Crippen LogP contribution in [0.1, 0.15) is 17.2 Å². The molecule has 0 aromatic heterocycles. The minimum Gasteiger partial charge on any atom is -0.331 e. The number of nitrogens with one attached hydrogen (secondary N) is 2. The molecule has 2 N–H and O–H groups in total. The van der Waals surface area contributed by atoms with Gasteiger partial charge in [-0.2, -0.15) is 0 Å². The number of halogens is 1. The molecule has 2 amide bonds. The first-order chi connectivity index (χ1) is 12.7. The zero-order valence-electron chi connectivity index (χ0n) is 13.9. The van der Waals surface area contributed by atoms with Crippen molar-refractivity contribution < 1.29 is 4.79 Å². The van der Waals surface area contributed by atoms with E-state index in [0.29, 0.717) is 5.02 Å². The fourth-order valence-electron chi connectivity index (χ4n) is 3.08. The summed E-state index contributed by atoms with van der Waals surface area (Å²) >= 11 is 7.95. The lowest BCUT2D eigenvalue weighted by molar-refractivity contribution is 0.248. The van der Waals surface area contributed by atoms with Gasteiger partial charge in [-0.15, -0.1) is 0 Å². The van der Waals surface area contributed by atoms with E-state index in [1.165, 1.54) is 10.5 Å². The molecular formula is C21H17ClN2OS. The number of urea groups is 1. The minimum absolute atomic E-state index is 0.149. The number of benzene rings is 3. The third-order valence-corrected chi connectivity index (χ3v) is 5.75. The second kappa shape index (κ2) is 7.44. The monoisotopic (exact) mass is 380 g/mol. The van der Waals surface area contributed by atoms with Crippen LogP contribution in [0.3, 0.4) is 0 Å². The van der Waals surface area contributed by atoms with Gasteiger partial charge < -0.3 is 10.6 Å². The quantitative estimate of drug-likeness (QED) is 0.580. The summed E-state index contributed by atoms with van der Waals surface area (Å²) in [5, 5.41) is 6.67. The standard InChI is InChI=1S/C21H17ClN2OS/c22-15-10-11-20-17(13-15)18(12-14-6-4-5-9-19(14)26-20)24-21(25)23-16-7-2-1-3-8-16/h1-11,13,18H,12H2,(H2,23,24,25)/t18-/m0/s1. The van der Waals surface area contributed by atoms with Crippen LogP contribution >= 0.6 is 23.4 Å². The van der Waals surface area contributed by atoms with Crippen molar-refractivity contribution in [2.24, 2.45) is 0 Å². The van der Waals surface area contributed by atoms with Crippen LogP contribution in [0.4, 0.5) is 10.5 Å². The lowest BCUT2D eigenvalue weighted by Gasteiger charge is -2.20. The summed E-state index contributed by atoms with van der Waals surface area (Å²) in [6.07, 6.45) is 0.721. The Morgan fingerprint density at radius 3 is 2.58 bits per heavy atom. The van der Waals surface area contributed by atoms with Crippen LogP contribution in [0.2, 0.25) is 5.02 Å². The Kier molecular flexibility index (Phi) is 4.87. The molecule has 3 nitrogen and oxygen atoms in total. The maximum atomic E-state index is 12.5. The number of hydrogen-bond acceptors (Lipinski definition) is 2. The molecule has 1 aliphatic heterocycles. The van der Waals surface area contributed by atoms with Crippen molar-refractivity contribution in [2.75, 3.05) is 5.32 Å². The molecule has 0 spiro atoms. The summed E-state index contributed by atoms with van der Waals surface area (Å²) in [5.41, 5.74) is 3.02. The van der Waals surface area contributed by atoms with Crippen LogP contribution in [0.15, 0.2) is 82.6 Å². The van der Waals surface area contributed by atoms with Crippen LogP contribution in [0.25, 0.3) is 0 Å². The van der Waals surface area contributed by atoms with Crippen molar-refractivity contribution in [3.05, 3.63) is 88.9 Å². The van der Waals surface area contributed by atoms with E-state index in [-0.39, 0.29) is 12.1 Å². The lowest BCUT2D eigenvalue weighted by atomic mass is 9.99. The van der Waals surface area contributed by atoms with Gasteiger partial charge in [0.1, 0.15) is 0 Å². The van der Waals surface area contributed by atoms with E-state index in [1.807, 2.05) is 60.7 Å². The average Bonchev–Trinajstić information content (AvgIpc) is 2.79. The van der Waals surface area contributed by atoms with Crippen molar-refractivity contribution in [2.45, 2.75) is 22.3 Å². The normalized spacial score (nSPS) is 15.3. The molecule has 1 atom stereocenters. The van der Waals surface area contributed by atoms with Crippen LogP contribution in [-0.2, 0) is 6.42 Å². The maximum Gasteiger partial charge on any atom is 0.319 e. The van der Waals surface area contributed by atoms with E-state index in [9.17, 15) is 4.79 Å². The van der Waals surface area contributed by atoms with E-state index in [2.05, 4.69) is 22.8 Å². The number of rotatable bonds is 2. The molecule has 3 aromatic rings. The smallest absolute Gasteiger partial charge is 0.319 e. The summed E-state index contributed by atoms with van der Waals surface area (Å²) in [6, 6.07) is 23.2. The summed E-state index contributed by atoms with van der Waals surface area (Å²) in [7, 11) is 0. The molecule has 5 heteroatoms. The number of para-hydroxylation sites is 1. The molecule has 0 saturated heterocycles. The second-order valence-corrected chi connectivity index (χ2v) is 7.63. The van der Waals surface area contributed by atoms with Crippen LogP contribution in [-0.4, -0.2) is 6.03 Å². The fraction of sp³-hybridized carbons (Fsp3) is 0.0952. The predicted octanol–water partition coefficient (Wildman–Crippen LogP) is 5.91. The number of amides is 2. The molecule has 0 fully saturated rings. The molecule has 0 saturated carbocycles. The van der Waals surface area contributed by atoms with Crippen LogP contribution < -0.4 is 10.6 Å². The van der Waals surface area contributed by atoms with Crippen molar-refractivity contribution in [1.29, 1.82) is 0 Å². The number of anilines is 1. The van der Waals surface area contributed by atoms with E-state index in [4.69, 9.17) is 11.6 Å². The van der Waals surface area contributed by atoms with Gasteiger partial charge in [0.05, 0.1) is 6.04 Å². The van der Waals surface area contributed by atoms with Gasteiger partial charge in [0.25, 0.3) is 0 Å². The molecule has 1 aliphatic rings. The summed E-state index contributed by atoms with van der Waals surface area (Å²) < 4.78 is 0. The zero-order valence-corrected chi connectivity index (χ0v) is 15.5. The van der Waals surface area contributed by atoms with Gasteiger partial charge in [0.2, 0.25) is 0 Å². The Labute approximate surface area is 161 Å². The molecular weight excluding hydrogens is 364 g/mol. The van der Waals surface area contributed by atoms with Crippen LogP contribution in [0.5, 0.6) is 0 Å². The SMILES string of the molecule is O=C(Nc1ccccc1)N[C@H]1Cc2ccccc2Sc2ccc(Cl)cc21. The van der Waals surface area contributed by atoms with Gasteiger partial charge >= 0.3 is 6.03 Å². The Hall–Kier alpha value is -2.43. The average molecular weight is 381 g/mol. The molecule has 1 heterocycles. The summed E-state index contributed by atoms with van der Waals surface area (Å²) in [4.78, 5) is 14.9. The van der Waals surface area contributed by atoms with Crippen molar-refractivity contribution in [3.8, 4) is 0 Å². The third-order valence-electron chi connectivity index (χ3n) is 4.30. The van der Waals surface area contributed by atoms with E-state index < -0.39 is 0 Å². The third kappa shape index (κ3) is 3.71. The first-order valence-corrected chi connectivity index (χ1v) is 9.56. The molecule has 26 heavy (non-hydrogen) atoms. The fourth-order valence-corrected chi connectivity index (χ4v) is 4.38. The highest BCUT2D eigenvalue weighted by Crippen LogP contribution is 2.41. The van der Waals surface area contributed by atoms with Crippen molar-refractivity contribution >= 4 is 35.1 Å². The van der Waals surface area contributed by atoms with Crippen molar-refractivity contribution in [1.82, 2.24) is 5.32 Å². The molecule has 0 bridgehead atoms. The number of carbonyl (C=O) groups is 1. The largest absolute Gasteiger partial charge is 0.331 e. The topological polar surface area (TPSA) is 41.1 Å². The van der Waals surface area contributed by atoms with Gasteiger partial charge in [-0.05, 0) is 53.9 Å². The van der Waals surface area contributed by atoms with E-state index in [0.717, 1.165) is 22.6 Å². The highest BCUT2D eigenvalue weighted by Gasteiger charge is 2.24. The molecule has 130 valence electrons. The van der Waals surface area contributed by atoms with Crippen LogP contribution in [0, 0.1) is 0 Å². The highest BCUT2D eigenvalue weighted by molar-refractivity contribution is 7.99. The molecule has 0 aliphatic carbocycles. The van der Waals surface area contributed by atoms with Gasteiger partial charge in [-0.25, -0.2) is 4.79 Å². The maximum absolute atomic E-state index is 12.5. The second-order valence-electron chi connectivity index (χ2n) is 6.11. The van der Waals surface area contributed by atoms with Crippen molar-refractivity contribution in [3.63, 3.8) is 0 Å². The zero-order chi connectivity index (χ0) is 17.9. The predicted molar refractivity (Wildman–Crippen MR) is 107 cm³/mol. The van der Waals surface area contributed by atoms with Gasteiger partial charge in [0, 0.05) is 20.5 Å². The lowest BCUT2D eigenvalue weighted by Crippen LogP contribution is -2.33. The first kappa shape index (κ1) is 17.0. The number of fused-ring (bicyclic) bond motifs is 2. The first-order valence-electron chi connectivity index (χ1n) is 8.37. The summed E-state index contributed by atoms with van der Waals surface area (Å²) in [6.45, 7) is 0. The summed E-state index contributed by atoms with van der Waals surface area (Å²) in [5.74, 6) is 0. The van der Waals surface area contributed by atoms with E-state index in [1.54, 1.807) is 11.8 Å². The molecule has 4 rings (SSSR count).